The second kappa shape index (κ2) is 9.25. The van der Waals surface area contributed by atoms with E-state index in [1.165, 1.54) is 24.3 Å². The van der Waals surface area contributed by atoms with E-state index in [-0.39, 0.29) is 13.2 Å². The zero-order valence-corrected chi connectivity index (χ0v) is 14.4. The van der Waals surface area contributed by atoms with Gasteiger partial charge in [-0.05, 0) is 42.0 Å². The average molecular weight is 386 g/mol. The zero-order valence-electron chi connectivity index (χ0n) is 12.9. The summed E-state index contributed by atoms with van der Waals surface area (Å²) < 4.78 is 22.6. The molecule has 5 nitrogen and oxygen atoms in total. The fourth-order valence-electron chi connectivity index (χ4n) is 1.77. The molecule has 0 unspecified atom stereocenters. The van der Waals surface area contributed by atoms with Crippen molar-refractivity contribution in [3.8, 4) is 5.75 Å². The SMILES string of the molecule is O=C(COC(=O)COc1ccc(F)cc1)NCc1ccc(Cl)cc1Cl. The van der Waals surface area contributed by atoms with Crippen molar-refractivity contribution in [1.29, 1.82) is 0 Å². The predicted octanol–water partition coefficient (Wildman–Crippen LogP) is 3.37. The first-order valence-electron chi connectivity index (χ1n) is 7.18. The number of carbonyl (C=O) groups is 2. The van der Waals surface area contributed by atoms with Gasteiger partial charge in [0.15, 0.2) is 13.2 Å². The van der Waals surface area contributed by atoms with E-state index in [1.807, 2.05) is 0 Å². The van der Waals surface area contributed by atoms with E-state index in [2.05, 4.69) is 5.32 Å². The fourth-order valence-corrected chi connectivity index (χ4v) is 2.25. The minimum Gasteiger partial charge on any atom is -0.482 e. The third-order valence-corrected chi connectivity index (χ3v) is 3.61. The lowest BCUT2D eigenvalue weighted by Crippen LogP contribution is -2.29. The Labute approximate surface area is 153 Å². The molecule has 2 aromatic rings. The Morgan fingerprint density at radius 3 is 2.44 bits per heavy atom. The number of hydrogen-bond acceptors (Lipinski definition) is 4. The first kappa shape index (κ1) is 19.0. The Kier molecular flexibility index (Phi) is 7.03. The van der Waals surface area contributed by atoms with E-state index < -0.39 is 24.3 Å². The van der Waals surface area contributed by atoms with Crippen LogP contribution in [0.5, 0.6) is 5.75 Å². The molecule has 0 aliphatic carbocycles. The van der Waals surface area contributed by atoms with Crippen LogP contribution >= 0.6 is 23.2 Å². The summed E-state index contributed by atoms with van der Waals surface area (Å²) in [6.45, 7) is -0.656. The van der Waals surface area contributed by atoms with Gasteiger partial charge in [0.05, 0.1) is 0 Å². The van der Waals surface area contributed by atoms with Crippen molar-refractivity contribution in [2.45, 2.75) is 6.54 Å². The van der Waals surface area contributed by atoms with E-state index in [1.54, 1.807) is 18.2 Å². The van der Waals surface area contributed by atoms with Gasteiger partial charge in [0.1, 0.15) is 11.6 Å². The normalized spacial score (nSPS) is 10.2. The number of amides is 1. The summed E-state index contributed by atoms with van der Waals surface area (Å²) in [4.78, 5) is 23.2. The second-order valence-electron chi connectivity index (χ2n) is 4.92. The lowest BCUT2D eigenvalue weighted by molar-refractivity contribution is -0.150. The van der Waals surface area contributed by atoms with Gasteiger partial charge in [0.2, 0.25) is 0 Å². The highest BCUT2D eigenvalue weighted by molar-refractivity contribution is 6.35. The molecule has 1 amide bonds. The topological polar surface area (TPSA) is 64.6 Å². The van der Waals surface area contributed by atoms with Gasteiger partial charge in [-0.3, -0.25) is 4.79 Å². The van der Waals surface area contributed by atoms with Crippen LogP contribution in [0.3, 0.4) is 0 Å². The van der Waals surface area contributed by atoms with Crippen LogP contribution in [0.15, 0.2) is 42.5 Å². The molecule has 132 valence electrons. The number of hydrogen-bond donors (Lipinski definition) is 1. The van der Waals surface area contributed by atoms with Crippen LogP contribution in [0.25, 0.3) is 0 Å². The maximum Gasteiger partial charge on any atom is 0.344 e. The molecule has 25 heavy (non-hydrogen) atoms. The number of ether oxygens (including phenoxy) is 2. The summed E-state index contributed by atoms with van der Waals surface area (Å²) in [5.41, 5.74) is 0.686. The van der Waals surface area contributed by atoms with Crippen LogP contribution in [0.4, 0.5) is 4.39 Å². The molecule has 2 aromatic carbocycles. The summed E-state index contributed by atoms with van der Waals surface area (Å²) in [5, 5.41) is 3.49. The number of rotatable bonds is 7. The monoisotopic (exact) mass is 385 g/mol. The van der Waals surface area contributed by atoms with Gasteiger partial charge in [-0.2, -0.15) is 0 Å². The van der Waals surface area contributed by atoms with E-state index in [0.29, 0.717) is 21.4 Å². The maximum absolute atomic E-state index is 12.7. The number of benzene rings is 2. The summed E-state index contributed by atoms with van der Waals surface area (Å²) in [6, 6.07) is 10.1. The first-order valence-corrected chi connectivity index (χ1v) is 7.94. The third kappa shape index (κ3) is 6.60. The van der Waals surface area contributed by atoms with Crippen molar-refractivity contribution in [2.24, 2.45) is 0 Å². The van der Waals surface area contributed by atoms with Crippen molar-refractivity contribution in [3.63, 3.8) is 0 Å². The molecular formula is C17H14Cl2FNO4. The average Bonchev–Trinajstić information content (AvgIpc) is 2.58. The Hall–Kier alpha value is -2.31. The lowest BCUT2D eigenvalue weighted by Gasteiger charge is -2.09. The second-order valence-corrected chi connectivity index (χ2v) is 5.76. The predicted molar refractivity (Wildman–Crippen MR) is 91.2 cm³/mol. The summed E-state index contributed by atoms with van der Waals surface area (Å²) >= 11 is 11.8. The molecular weight excluding hydrogens is 372 g/mol. The Morgan fingerprint density at radius 1 is 1.04 bits per heavy atom. The molecule has 0 heterocycles. The number of carbonyl (C=O) groups excluding carboxylic acids is 2. The van der Waals surface area contributed by atoms with E-state index in [9.17, 15) is 14.0 Å². The molecule has 0 radical (unpaired) electrons. The van der Waals surface area contributed by atoms with Gasteiger partial charge < -0.3 is 14.8 Å². The van der Waals surface area contributed by atoms with Crippen molar-refractivity contribution in [3.05, 3.63) is 63.9 Å². The van der Waals surface area contributed by atoms with Gasteiger partial charge in [0, 0.05) is 16.6 Å². The minimum absolute atomic E-state index is 0.179. The Balaban J connectivity index is 1.68. The summed E-state index contributed by atoms with van der Waals surface area (Å²) in [7, 11) is 0. The molecule has 2 rings (SSSR count). The van der Waals surface area contributed by atoms with Crippen LogP contribution in [-0.2, 0) is 20.9 Å². The van der Waals surface area contributed by atoms with E-state index >= 15 is 0 Å². The van der Waals surface area contributed by atoms with Crippen LogP contribution < -0.4 is 10.1 Å². The molecule has 0 fully saturated rings. The Bertz CT molecular complexity index is 753. The van der Waals surface area contributed by atoms with E-state index in [0.717, 1.165) is 0 Å². The van der Waals surface area contributed by atoms with Crippen molar-refractivity contribution >= 4 is 35.1 Å². The molecule has 0 aliphatic heterocycles. The molecule has 8 heteroatoms. The van der Waals surface area contributed by atoms with E-state index in [4.69, 9.17) is 32.7 Å². The van der Waals surface area contributed by atoms with Gasteiger partial charge in [-0.15, -0.1) is 0 Å². The fraction of sp³-hybridized carbons (Fsp3) is 0.176. The molecule has 1 N–H and O–H groups in total. The van der Waals surface area contributed by atoms with Gasteiger partial charge in [0.25, 0.3) is 5.91 Å². The third-order valence-electron chi connectivity index (χ3n) is 3.03. The van der Waals surface area contributed by atoms with Crippen molar-refractivity contribution < 1.29 is 23.5 Å². The van der Waals surface area contributed by atoms with Crippen LogP contribution in [0.2, 0.25) is 10.0 Å². The van der Waals surface area contributed by atoms with Crippen LogP contribution in [-0.4, -0.2) is 25.1 Å². The summed E-state index contributed by atoms with van der Waals surface area (Å²) in [6.07, 6.45) is 0. The van der Waals surface area contributed by atoms with Crippen molar-refractivity contribution in [1.82, 2.24) is 5.32 Å². The molecule has 0 aliphatic rings. The number of halogens is 3. The van der Waals surface area contributed by atoms with Crippen LogP contribution in [0.1, 0.15) is 5.56 Å². The minimum atomic E-state index is -0.719. The number of esters is 1. The number of nitrogens with one attached hydrogen (secondary N) is 1. The Morgan fingerprint density at radius 2 is 1.76 bits per heavy atom. The van der Waals surface area contributed by atoms with Crippen molar-refractivity contribution in [2.75, 3.05) is 13.2 Å². The summed E-state index contributed by atoms with van der Waals surface area (Å²) in [5.74, 6) is -1.29. The van der Waals surface area contributed by atoms with Gasteiger partial charge in [-0.25, -0.2) is 9.18 Å². The molecule has 0 saturated carbocycles. The quantitative estimate of drug-likeness (QED) is 0.742. The zero-order chi connectivity index (χ0) is 18.2. The largest absolute Gasteiger partial charge is 0.482 e. The molecule has 0 spiro atoms. The highest BCUT2D eigenvalue weighted by Gasteiger charge is 2.09. The highest BCUT2D eigenvalue weighted by atomic mass is 35.5. The highest BCUT2D eigenvalue weighted by Crippen LogP contribution is 2.20. The van der Waals surface area contributed by atoms with Gasteiger partial charge in [-0.1, -0.05) is 29.3 Å². The molecule has 0 saturated heterocycles. The molecule has 0 bridgehead atoms. The van der Waals surface area contributed by atoms with Crippen LogP contribution in [0, 0.1) is 5.82 Å². The standard InChI is InChI=1S/C17H14Cl2FNO4/c18-12-2-1-11(15(19)7-12)8-21-16(22)9-25-17(23)10-24-14-5-3-13(20)4-6-14/h1-7H,8-10H2,(H,21,22). The maximum atomic E-state index is 12.7. The van der Waals surface area contributed by atoms with Gasteiger partial charge >= 0.3 is 5.97 Å². The molecule has 0 aromatic heterocycles. The smallest absolute Gasteiger partial charge is 0.344 e. The first-order chi connectivity index (χ1) is 11.9. The lowest BCUT2D eigenvalue weighted by atomic mass is 10.2. The molecule has 0 atom stereocenters.